The van der Waals surface area contributed by atoms with E-state index in [0.29, 0.717) is 6.42 Å². The van der Waals surface area contributed by atoms with E-state index in [1.807, 2.05) is 0 Å². The van der Waals surface area contributed by atoms with Crippen molar-refractivity contribution in [2.24, 2.45) is 0 Å². The van der Waals surface area contributed by atoms with Crippen LogP contribution in [0, 0.1) is 0 Å². The second-order valence-corrected chi connectivity index (χ2v) is 3.29. The van der Waals surface area contributed by atoms with Crippen LogP contribution in [0.25, 0.3) is 0 Å². The number of unbranched alkanes of at least 4 members (excludes halogenated alkanes) is 4. The van der Waals surface area contributed by atoms with Crippen LogP contribution in [0.1, 0.15) is 45.4 Å². The molecule has 0 heterocycles. The minimum atomic E-state index is -0.964. The minimum absolute atomic E-state index is 0.308. The lowest BCUT2D eigenvalue weighted by atomic mass is 10.1. The molecular weight excluding hydrogens is 200 g/mol. The highest BCUT2D eigenvalue weighted by atomic mass is 17.1. The van der Waals surface area contributed by atoms with Crippen LogP contribution in [0.3, 0.4) is 0 Å². The summed E-state index contributed by atoms with van der Waals surface area (Å²) in [4.78, 5) is 24.7. The number of hydrogen-bond donors (Lipinski definition) is 1. The molecule has 88 valence electrons. The molecule has 1 N–H and O–H groups in total. The van der Waals surface area contributed by atoms with Gasteiger partial charge in [0.05, 0.1) is 0 Å². The zero-order chi connectivity index (χ0) is 11.5. The molecule has 0 saturated heterocycles. The number of esters is 1. The third kappa shape index (κ3) is 9.21. The molecule has 0 amide bonds. The number of hydrogen-bond acceptors (Lipinski definition) is 5. The Morgan fingerprint density at radius 3 is 2.33 bits per heavy atom. The summed E-state index contributed by atoms with van der Waals surface area (Å²) < 4.78 is 4.53. The van der Waals surface area contributed by atoms with E-state index in [1.54, 1.807) is 0 Å². The SMILES string of the molecule is CCCCCCCC(=O)OCC(=O)OO. The van der Waals surface area contributed by atoms with Gasteiger partial charge in [-0.05, 0) is 6.42 Å². The van der Waals surface area contributed by atoms with Gasteiger partial charge >= 0.3 is 11.9 Å². The Balaban J connectivity index is 3.30. The molecule has 0 aromatic heterocycles. The molecule has 0 bridgehead atoms. The van der Waals surface area contributed by atoms with Gasteiger partial charge in [0.1, 0.15) is 0 Å². The van der Waals surface area contributed by atoms with E-state index in [-0.39, 0.29) is 0 Å². The molecule has 5 nitrogen and oxygen atoms in total. The van der Waals surface area contributed by atoms with Crippen molar-refractivity contribution in [1.29, 1.82) is 0 Å². The summed E-state index contributed by atoms with van der Waals surface area (Å²) in [6.07, 6.45) is 5.52. The summed E-state index contributed by atoms with van der Waals surface area (Å²) in [5, 5.41) is 7.88. The molecule has 0 aliphatic carbocycles. The highest BCUT2D eigenvalue weighted by Gasteiger charge is 2.07. The summed E-state index contributed by atoms with van der Waals surface area (Å²) in [6, 6.07) is 0. The third-order valence-corrected chi connectivity index (χ3v) is 1.94. The Labute approximate surface area is 89.3 Å². The van der Waals surface area contributed by atoms with Crippen molar-refractivity contribution >= 4 is 11.9 Å². The molecule has 0 fully saturated rings. The topological polar surface area (TPSA) is 72.8 Å². The van der Waals surface area contributed by atoms with Crippen molar-refractivity contribution < 1.29 is 24.5 Å². The molecule has 0 saturated carbocycles. The third-order valence-electron chi connectivity index (χ3n) is 1.94. The maximum Gasteiger partial charge on any atom is 0.379 e. The van der Waals surface area contributed by atoms with Crippen LogP contribution in [-0.4, -0.2) is 23.8 Å². The van der Waals surface area contributed by atoms with E-state index >= 15 is 0 Å². The van der Waals surface area contributed by atoms with Crippen LogP contribution >= 0.6 is 0 Å². The molecule has 0 aromatic carbocycles. The van der Waals surface area contributed by atoms with Crippen molar-refractivity contribution in [2.75, 3.05) is 6.61 Å². The Bertz CT molecular complexity index is 190. The van der Waals surface area contributed by atoms with Crippen LogP contribution in [0.15, 0.2) is 0 Å². The summed E-state index contributed by atoms with van der Waals surface area (Å²) in [5.41, 5.74) is 0. The number of carbonyl (C=O) groups is 2. The molecule has 0 rings (SSSR count). The Morgan fingerprint density at radius 2 is 1.73 bits per heavy atom. The van der Waals surface area contributed by atoms with Crippen molar-refractivity contribution in [1.82, 2.24) is 0 Å². The Hall–Kier alpha value is -1.10. The fourth-order valence-electron chi connectivity index (χ4n) is 1.11. The van der Waals surface area contributed by atoms with E-state index in [4.69, 9.17) is 5.26 Å². The second-order valence-electron chi connectivity index (χ2n) is 3.29. The fraction of sp³-hybridized carbons (Fsp3) is 0.800. The zero-order valence-electron chi connectivity index (χ0n) is 9.03. The first kappa shape index (κ1) is 13.9. The van der Waals surface area contributed by atoms with E-state index in [1.165, 1.54) is 6.42 Å². The molecule has 15 heavy (non-hydrogen) atoms. The summed E-state index contributed by atoms with van der Waals surface area (Å²) >= 11 is 0. The number of rotatable bonds is 8. The standard InChI is InChI=1S/C10H18O5/c1-2-3-4-5-6-7-9(11)14-8-10(12)15-13/h13H,2-8H2,1H3. The number of carbonyl (C=O) groups excluding carboxylic acids is 2. The first-order valence-electron chi connectivity index (χ1n) is 5.20. The molecule has 0 unspecified atom stereocenters. The number of ether oxygens (including phenoxy) is 1. The molecular formula is C10H18O5. The van der Waals surface area contributed by atoms with Crippen LogP contribution < -0.4 is 0 Å². The van der Waals surface area contributed by atoms with Crippen molar-refractivity contribution in [3.05, 3.63) is 0 Å². The molecule has 0 aromatic rings. The van der Waals surface area contributed by atoms with E-state index in [9.17, 15) is 9.59 Å². The van der Waals surface area contributed by atoms with Crippen molar-refractivity contribution in [3.8, 4) is 0 Å². The lowest BCUT2D eigenvalue weighted by molar-refractivity contribution is -0.238. The van der Waals surface area contributed by atoms with E-state index in [2.05, 4.69) is 16.5 Å². The predicted octanol–water partition coefficient (Wildman–Crippen LogP) is 1.91. The lowest BCUT2D eigenvalue weighted by Crippen LogP contribution is -2.14. The highest BCUT2D eigenvalue weighted by molar-refractivity contribution is 5.75. The van der Waals surface area contributed by atoms with E-state index < -0.39 is 18.5 Å². The molecule has 0 aliphatic rings. The molecule has 0 aliphatic heterocycles. The quantitative estimate of drug-likeness (QED) is 0.291. The van der Waals surface area contributed by atoms with Crippen LogP contribution in [-0.2, 0) is 19.2 Å². The van der Waals surface area contributed by atoms with Crippen LogP contribution in [0.4, 0.5) is 0 Å². The van der Waals surface area contributed by atoms with Gasteiger partial charge in [-0.1, -0.05) is 32.6 Å². The normalized spacial score (nSPS) is 9.73. The monoisotopic (exact) mass is 218 g/mol. The van der Waals surface area contributed by atoms with Gasteiger partial charge in [0.15, 0.2) is 6.61 Å². The summed E-state index contributed by atoms with van der Waals surface area (Å²) in [7, 11) is 0. The molecule has 5 heteroatoms. The first-order chi connectivity index (χ1) is 7.20. The van der Waals surface area contributed by atoms with Gasteiger partial charge in [-0.2, -0.15) is 5.26 Å². The van der Waals surface area contributed by atoms with Crippen molar-refractivity contribution in [3.63, 3.8) is 0 Å². The Morgan fingerprint density at radius 1 is 1.07 bits per heavy atom. The summed E-state index contributed by atoms with van der Waals surface area (Å²) in [6.45, 7) is 1.60. The van der Waals surface area contributed by atoms with Gasteiger partial charge in [0.2, 0.25) is 0 Å². The maximum absolute atomic E-state index is 11.0. The largest absolute Gasteiger partial charge is 0.454 e. The van der Waals surface area contributed by atoms with Crippen LogP contribution in [0.2, 0.25) is 0 Å². The van der Waals surface area contributed by atoms with Gasteiger partial charge in [0, 0.05) is 6.42 Å². The van der Waals surface area contributed by atoms with Gasteiger partial charge in [-0.15, -0.1) is 0 Å². The average Bonchev–Trinajstić information content (AvgIpc) is 2.25. The molecule has 0 spiro atoms. The van der Waals surface area contributed by atoms with Gasteiger partial charge in [-0.25, -0.2) is 4.79 Å². The average molecular weight is 218 g/mol. The summed E-state index contributed by atoms with van der Waals surface area (Å²) in [5.74, 6) is -1.40. The minimum Gasteiger partial charge on any atom is -0.454 e. The smallest absolute Gasteiger partial charge is 0.379 e. The zero-order valence-corrected chi connectivity index (χ0v) is 9.03. The predicted molar refractivity (Wildman–Crippen MR) is 53.1 cm³/mol. The van der Waals surface area contributed by atoms with Gasteiger partial charge < -0.3 is 4.74 Å². The maximum atomic E-state index is 11.0. The van der Waals surface area contributed by atoms with E-state index in [0.717, 1.165) is 25.7 Å². The van der Waals surface area contributed by atoms with Crippen molar-refractivity contribution in [2.45, 2.75) is 45.4 Å². The molecule has 0 atom stereocenters. The fourth-order valence-corrected chi connectivity index (χ4v) is 1.11. The van der Waals surface area contributed by atoms with Gasteiger partial charge in [-0.3, -0.25) is 9.68 Å². The highest BCUT2D eigenvalue weighted by Crippen LogP contribution is 2.05. The van der Waals surface area contributed by atoms with Gasteiger partial charge in [0.25, 0.3) is 0 Å². The Kier molecular flexibility index (Phi) is 8.76. The molecule has 0 radical (unpaired) electrons. The second kappa shape index (κ2) is 9.45. The first-order valence-corrected chi connectivity index (χ1v) is 5.20. The van der Waals surface area contributed by atoms with Crippen LogP contribution in [0.5, 0.6) is 0 Å². The lowest BCUT2D eigenvalue weighted by Gasteiger charge is -2.02.